The molecule has 0 bridgehead atoms. The van der Waals surface area contributed by atoms with Gasteiger partial charge in [0.2, 0.25) is 0 Å². The summed E-state index contributed by atoms with van der Waals surface area (Å²) in [6.45, 7) is 0.687. The SMILES string of the molecule is O=C(c1ccccc1Br)N1CCC(c2cccs2)S(=O)(=O)CC1. The van der Waals surface area contributed by atoms with E-state index in [1.54, 1.807) is 17.0 Å². The van der Waals surface area contributed by atoms with Crippen molar-refractivity contribution in [3.63, 3.8) is 0 Å². The molecular weight excluding hydrogens is 398 g/mol. The van der Waals surface area contributed by atoms with Crippen LogP contribution < -0.4 is 0 Å². The number of carbonyl (C=O) groups excluding carboxylic acids is 1. The summed E-state index contributed by atoms with van der Waals surface area (Å²) in [5.41, 5.74) is 0.569. The highest BCUT2D eigenvalue weighted by Gasteiger charge is 2.33. The molecule has 7 heteroatoms. The monoisotopic (exact) mass is 413 g/mol. The molecule has 1 aliphatic heterocycles. The molecule has 0 N–H and O–H groups in total. The second kappa shape index (κ2) is 6.75. The average Bonchev–Trinajstić information content (AvgIpc) is 2.99. The summed E-state index contributed by atoms with van der Waals surface area (Å²) in [7, 11) is -3.24. The minimum absolute atomic E-state index is 0.00571. The number of rotatable bonds is 2. The number of thiophene rings is 1. The Morgan fingerprint density at radius 3 is 2.65 bits per heavy atom. The third kappa shape index (κ3) is 3.51. The van der Waals surface area contributed by atoms with Gasteiger partial charge in [0.05, 0.1) is 16.6 Å². The Balaban J connectivity index is 1.83. The van der Waals surface area contributed by atoms with Crippen LogP contribution in [0.4, 0.5) is 0 Å². The van der Waals surface area contributed by atoms with Crippen LogP contribution in [0.15, 0.2) is 46.3 Å². The molecule has 1 saturated heterocycles. The Morgan fingerprint density at radius 1 is 1.17 bits per heavy atom. The molecule has 1 amide bonds. The number of benzene rings is 1. The first-order chi connectivity index (χ1) is 11.0. The number of hydrogen-bond donors (Lipinski definition) is 0. The summed E-state index contributed by atoms with van der Waals surface area (Å²) in [5.74, 6) is -0.120. The van der Waals surface area contributed by atoms with Gasteiger partial charge in [0, 0.05) is 22.4 Å². The number of sulfone groups is 1. The van der Waals surface area contributed by atoms with Crippen molar-refractivity contribution in [2.75, 3.05) is 18.8 Å². The molecule has 1 aliphatic rings. The lowest BCUT2D eigenvalue weighted by atomic mass is 10.2. The number of amides is 1. The Morgan fingerprint density at radius 2 is 1.96 bits per heavy atom. The van der Waals surface area contributed by atoms with E-state index in [2.05, 4.69) is 15.9 Å². The van der Waals surface area contributed by atoms with E-state index >= 15 is 0 Å². The van der Waals surface area contributed by atoms with Gasteiger partial charge >= 0.3 is 0 Å². The molecule has 3 rings (SSSR count). The van der Waals surface area contributed by atoms with Crippen LogP contribution in [0.25, 0.3) is 0 Å². The van der Waals surface area contributed by atoms with Crippen molar-refractivity contribution < 1.29 is 13.2 Å². The zero-order valence-corrected chi connectivity index (χ0v) is 15.5. The lowest BCUT2D eigenvalue weighted by molar-refractivity contribution is 0.0765. The maximum atomic E-state index is 12.7. The zero-order valence-electron chi connectivity index (χ0n) is 12.3. The highest BCUT2D eigenvalue weighted by molar-refractivity contribution is 9.10. The van der Waals surface area contributed by atoms with E-state index in [1.807, 2.05) is 29.6 Å². The van der Waals surface area contributed by atoms with Crippen molar-refractivity contribution in [2.24, 2.45) is 0 Å². The third-order valence-corrected chi connectivity index (χ3v) is 7.93. The van der Waals surface area contributed by atoms with Gasteiger partial charge in [0.15, 0.2) is 9.84 Å². The minimum atomic E-state index is -3.24. The second-order valence-electron chi connectivity index (χ2n) is 5.43. The van der Waals surface area contributed by atoms with Crippen LogP contribution in [0.2, 0.25) is 0 Å². The molecule has 0 aliphatic carbocycles. The fourth-order valence-electron chi connectivity index (χ4n) is 2.75. The molecule has 1 fully saturated rings. The molecule has 0 spiro atoms. The highest BCUT2D eigenvalue weighted by Crippen LogP contribution is 2.32. The number of nitrogens with zero attached hydrogens (tertiary/aromatic N) is 1. The minimum Gasteiger partial charge on any atom is -0.338 e. The Labute approximate surface area is 148 Å². The quantitative estimate of drug-likeness (QED) is 0.756. The summed E-state index contributed by atoms with van der Waals surface area (Å²) in [6.07, 6.45) is 0.443. The summed E-state index contributed by atoms with van der Waals surface area (Å²) >= 11 is 4.84. The first-order valence-corrected chi connectivity index (χ1v) is 10.7. The zero-order chi connectivity index (χ0) is 16.4. The van der Waals surface area contributed by atoms with Crippen LogP contribution >= 0.6 is 27.3 Å². The molecule has 122 valence electrons. The maximum absolute atomic E-state index is 12.7. The average molecular weight is 414 g/mol. The van der Waals surface area contributed by atoms with Gasteiger partial charge < -0.3 is 4.90 Å². The van der Waals surface area contributed by atoms with E-state index in [0.717, 1.165) is 9.35 Å². The van der Waals surface area contributed by atoms with Crippen molar-refractivity contribution >= 4 is 43.0 Å². The first-order valence-electron chi connectivity index (χ1n) is 7.28. The summed E-state index contributed by atoms with van der Waals surface area (Å²) in [6, 6.07) is 10.9. The predicted octanol–water partition coefficient (Wildman–Crippen LogP) is 3.51. The van der Waals surface area contributed by atoms with Crippen LogP contribution in [0.3, 0.4) is 0 Å². The van der Waals surface area contributed by atoms with Gasteiger partial charge in [0.1, 0.15) is 0 Å². The third-order valence-electron chi connectivity index (χ3n) is 3.99. The summed E-state index contributed by atoms with van der Waals surface area (Å²) in [4.78, 5) is 15.2. The molecule has 1 unspecified atom stereocenters. The fourth-order valence-corrected chi connectivity index (χ4v) is 6.20. The van der Waals surface area contributed by atoms with Gasteiger partial charge in [0.25, 0.3) is 5.91 Å². The molecule has 2 aromatic rings. The van der Waals surface area contributed by atoms with Crippen molar-refractivity contribution in [1.29, 1.82) is 0 Å². The highest BCUT2D eigenvalue weighted by atomic mass is 79.9. The topological polar surface area (TPSA) is 54.5 Å². The van der Waals surface area contributed by atoms with Crippen LogP contribution in [-0.2, 0) is 9.84 Å². The van der Waals surface area contributed by atoms with Crippen LogP contribution in [0.1, 0.15) is 26.9 Å². The molecule has 4 nitrogen and oxygen atoms in total. The molecule has 1 aromatic carbocycles. The normalized spacial score (nSPS) is 20.9. The Hall–Kier alpha value is -1.18. The molecule has 23 heavy (non-hydrogen) atoms. The van der Waals surface area contributed by atoms with E-state index in [0.29, 0.717) is 18.5 Å². The standard InChI is InChI=1S/C16H16BrNO3S2/c17-13-5-2-1-4-12(13)16(19)18-8-7-15(14-6-3-10-22-14)23(20,21)11-9-18/h1-6,10,15H,7-9,11H2. The van der Waals surface area contributed by atoms with Gasteiger partial charge in [-0.2, -0.15) is 0 Å². The molecule has 0 saturated carbocycles. The van der Waals surface area contributed by atoms with Gasteiger partial charge in [-0.15, -0.1) is 11.3 Å². The van der Waals surface area contributed by atoms with Gasteiger partial charge in [-0.3, -0.25) is 4.79 Å². The van der Waals surface area contributed by atoms with E-state index in [4.69, 9.17) is 0 Å². The lowest BCUT2D eigenvalue weighted by Gasteiger charge is -2.20. The van der Waals surface area contributed by atoms with E-state index < -0.39 is 15.1 Å². The van der Waals surface area contributed by atoms with Crippen LogP contribution in [-0.4, -0.2) is 38.1 Å². The number of hydrogen-bond acceptors (Lipinski definition) is 4. The van der Waals surface area contributed by atoms with E-state index in [9.17, 15) is 13.2 Å². The molecule has 2 heterocycles. The smallest absolute Gasteiger partial charge is 0.255 e. The second-order valence-corrected chi connectivity index (χ2v) is 9.57. The van der Waals surface area contributed by atoms with Crippen molar-refractivity contribution in [3.8, 4) is 0 Å². The van der Waals surface area contributed by atoms with Crippen molar-refractivity contribution in [1.82, 2.24) is 4.90 Å². The number of halogens is 1. The van der Waals surface area contributed by atoms with Gasteiger partial charge in [-0.1, -0.05) is 18.2 Å². The molecule has 1 atom stereocenters. The van der Waals surface area contributed by atoms with Crippen molar-refractivity contribution in [2.45, 2.75) is 11.7 Å². The lowest BCUT2D eigenvalue weighted by Crippen LogP contribution is -2.33. The van der Waals surface area contributed by atoms with Gasteiger partial charge in [-0.25, -0.2) is 8.42 Å². The Kier molecular flexibility index (Phi) is 4.89. The fraction of sp³-hybridized carbons (Fsp3) is 0.312. The summed E-state index contributed by atoms with van der Waals surface area (Å²) in [5, 5.41) is 1.39. The van der Waals surface area contributed by atoms with E-state index in [-0.39, 0.29) is 18.2 Å². The predicted molar refractivity (Wildman–Crippen MR) is 95.5 cm³/mol. The summed E-state index contributed by atoms with van der Waals surface area (Å²) < 4.78 is 25.8. The Bertz CT molecular complexity index is 802. The molecule has 1 aromatic heterocycles. The van der Waals surface area contributed by atoms with Crippen molar-refractivity contribution in [3.05, 3.63) is 56.7 Å². The van der Waals surface area contributed by atoms with E-state index in [1.165, 1.54) is 11.3 Å². The maximum Gasteiger partial charge on any atom is 0.255 e. The largest absolute Gasteiger partial charge is 0.338 e. The van der Waals surface area contributed by atoms with Crippen LogP contribution in [0.5, 0.6) is 0 Å². The van der Waals surface area contributed by atoms with Crippen LogP contribution in [0, 0.1) is 0 Å². The first kappa shape index (κ1) is 16.7. The number of carbonyl (C=O) groups is 1. The molecular formula is C16H16BrNO3S2. The molecule has 0 radical (unpaired) electrons. The van der Waals surface area contributed by atoms with Gasteiger partial charge in [-0.05, 0) is 45.9 Å².